The summed E-state index contributed by atoms with van der Waals surface area (Å²) in [6.07, 6.45) is 11.2. The largest absolute Gasteiger partial charge is 0.457 e. The minimum Gasteiger partial charge on any atom is -0.457 e. The van der Waals surface area contributed by atoms with E-state index in [9.17, 15) is 9.59 Å². The van der Waals surface area contributed by atoms with Crippen LogP contribution in [0.2, 0.25) is 0 Å². The van der Waals surface area contributed by atoms with Crippen molar-refractivity contribution in [2.24, 2.45) is 46.2 Å². The third-order valence-electron chi connectivity index (χ3n) is 9.81. The summed E-state index contributed by atoms with van der Waals surface area (Å²) in [6.45, 7) is 10.7. The molecule has 4 heteroatoms. The minimum atomic E-state index is -0.543. The summed E-state index contributed by atoms with van der Waals surface area (Å²) in [7, 11) is 0. The Morgan fingerprint density at radius 1 is 1.10 bits per heavy atom. The van der Waals surface area contributed by atoms with Crippen molar-refractivity contribution in [3.8, 4) is 0 Å². The Morgan fingerprint density at radius 2 is 1.83 bits per heavy atom. The maximum absolute atomic E-state index is 12.4. The fraction of sp³-hybridized carbons (Fsp3) is 0.846. The number of esters is 1. The molecule has 0 saturated heterocycles. The van der Waals surface area contributed by atoms with Crippen molar-refractivity contribution in [1.82, 2.24) is 0 Å². The number of ether oxygens (including phenoxy) is 1. The molecule has 30 heavy (non-hydrogen) atoms. The van der Waals surface area contributed by atoms with Gasteiger partial charge in [-0.3, -0.25) is 9.59 Å². The van der Waals surface area contributed by atoms with Crippen LogP contribution in [0, 0.1) is 40.4 Å². The molecule has 4 aliphatic carbocycles. The molecule has 0 amide bonds. The average Bonchev–Trinajstić information content (AvgIpc) is 3.13. The molecule has 0 heterocycles. The first-order valence-corrected chi connectivity index (χ1v) is 12.3. The van der Waals surface area contributed by atoms with Crippen molar-refractivity contribution in [3.63, 3.8) is 0 Å². The lowest BCUT2D eigenvalue weighted by molar-refractivity contribution is -0.151. The van der Waals surface area contributed by atoms with Gasteiger partial charge in [-0.1, -0.05) is 33.3 Å². The lowest BCUT2D eigenvalue weighted by Gasteiger charge is -2.61. The second kappa shape index (κ2) is 7.76. The minimum absolute atomic E-state index is 0.0924. The lowest BCUT2D eigenvalue weighted by atomic mass is 9.43. The van der Waals surface area contributed by atoms with Gasteiger partial charge in [0.2, 0.25) is 0 Å². The van der Waals surface area contributed by atoms with Crippen LogP contribution in [0.5, 0.6) is 0 Å². The number of ketones is 1. The number of hydrogen-bond donors (Lipinski definition) is 1. The van der Waals surface area contributed by atoms with E-state index in [1.165, 1.54) is 31.3 Å². The van der Waals surface area contributed by atoms with Gasteiger partial charge in [0.1, 0.15) is 17.9 Å². The molecule has 4 rings (SSSR count). The highest BCUT2D eigenvalue weighted by atomic mass is 16.5. The molecule has 0 aromatic rings. The number of allylic oxidation sites excluding steroid dienone is 1. The van der Waals surface area contributed by atoms with E-state index in [0.29, 0.717) is 34.9 Å². The van der Waals surface area contributed by atoms with Crippen molar-refractivity contribution in [2.45, 2.75) is 98.1 Å². The summed E-state index contributed by atoms with van der Waals surface area (Å²) in [5, 5.41) is 0. The summed E-state index contributed by atoms with van der Waals surface area (Å²) in [5.41, 5.74) is 8.05. The molecule has 168 valence electrons. The molecular formula is C26H41NO3. The Bertz CT molecular complexity index is 743. The predicted octanol–water partition coefficient (Wildman–Crippen LogP) is 5.05. The molecule has 4 aliphatic rings. The Morgan fingerprint density at radius 3 is 2.50 bits per heavy atom. The maximum atomic E-state index is 12.4. The number of hydrogen-bond acceptors (Lipinski definition) is 4. The Balaban J connectivity index is 1.53. The molecule has 1 unspecified atom stereocenters. The second-order valence-electron chi connectivity index (χ2n) is 11.6. The van der Waals surface area contributed by atoms with Gasteiger partial charge in [-0.2, -0.15) is 0 Å². The number of carbonyl (C=O) groups excluding carboxylic acids is 2. The first kappa shape index (κ1) is 22.0. The van der Waals surface area contributed by atoms with E-state index >= 15 is 0 Å². The van der Waals surface area contributed by atoms with E-state index in [2.05, 4.69) is 19.9 Å². The predicted molar refractivity (Wildman–Crippen MR) is 119 cm³/mol. The van der Waals surface area contributed by atoms with Gasteiger partial charge in [0.25, 0.3) is 0 Å². The van der Waals surface area contributed by atoms with Crippen LogP contribution >= 0.6 is 0 Å². The van der Waals surface area contributed by atoms with Crippen molar-refractivity contribution >= 4 is 11.8 Å². The van der Waals surface area contributed by atoms with E-state index in [4.69, 9.17) is 10.5 Å². The molecule has 4 nitrogen and oxygen atoms in total. The first-order valence-electron chi connectivity index (χ1n) is 12.3. The number of Topliss-reactive ketones (excluding diaryl/α,β-unsaturated/α-hetero) is 1. The van der Waals surface area contributed by atoms with Crippen LogP contribution in [-0.4, -0.2) is 23.9 Å². The quantitative estimate of drug-likeness (QED) is 0.515. The van der Waals surface area contributed by atoms with Gasteiger partial charge in [-0.15, -0.1) is 0 Å². The standard InChI is InChI=1S/C26H41NO3/c1-15(2)23(27)24(29)30-18-11-13-25(4)17(14-18)10-12-26(5)21-8-6-19(16(3)28)20(21)7-9-22(25)26/h14-15,18-23H,6-13,27H2,1-5H3/t18-,19+,20?,21+,22+,23+,25-,26-/m1/s1. The van der Waals surface area contributed by atoms with Crippen LogP contribution in [0.25, 0.3) is 0 Å². The first-order chi connectivity index (χ1) is 14.1. The second-order valence-corrected chi connectivity index (χ2v) is 11.6. The summed E-state index contributed by atoms with van der Waals surface area (Å²) in [6, 6.07) is -0.543. The Labute approximate surface area is 182 Å². The molecule has 3 fully saturated rings. The van der Waals surface area contributed by atoms with E-state index in [0.717, 1.165) is 25.7 Å². The average molecular weight is 416 g/mol. The molecule has 0 aliphatic heterocycles. The smallest absolute Gasteiger partial charge is 0.323 e. The van der Waals surface area contributed by atoms with Crippen LogP contribution in [0.15, 0.2) is 11.6 Å². The van der Waals surface area contributed by atoms with Crippen LogP contribution in [0.1, 0.15) is 86.0 Å². The topological polar surface area (TPSA) is 69.4 Å². The molecule has 3 saturated carbocycles. The Kier molecular flexibility index (Phi) is 5.70. The zero-order chi connectivity index (χ0) is 21.8. The highest BCUT2D eigenvalue weighted by molar-refractivity contribution is 5.79. The fourth-order valence-electron chi connectivity index (χ4n) is 8.01. The van der Waals surface area contributed by atoms with Crippen molar-refractivity contribution in [3.05, 3.63) is 11.6 Å². The maximum Gasteiger partial charge on any atom is 0.323 e. The third-order valence-corrected chi connectivity index (χ3v) is 9.81. The van der Waals surface area contributed by atoms with Crippen molar-refractivity contribution < 1.29 is 14.3 Å². The van der Waals surface area contributed by atoms with Crippen molar-refractivity contribution in [1.29, 1.82) is 0 Å². The summed E-state index contributed by atoms with van der Waals surface area (Å²) in [5.74, 6) is 2.52. The SMILES string of the molecule is CC(=O)[C@@H]1CC[C@H]2C1CC[C@@H]1[C@]2(C)CCC2=C[C@H](OC(=O)[C@@H](N)C(C)C)CC[C@]21C. The van der Waals surface area contributed by atoms with Gasteiger partial charge >= 0.3 is 5.97 Å². The normalized spacial score (nSPS) is 43.8. The summed E-state index contributed by atoms with van der Waals surface area (Å²) < 4.78 is 5.80. The van der Waals surface area contributed by atoms with E-state index in [1.807, 2.05) is 13.8 Å². The fourth-order valence-corrected chi connectivity index (χ4v) is 8.01. The van der Waals surface area contributed by atoms with Gasteiger partial charge < -0.3 is 10.5 Å². The lowest BCUT2D eigenvalue weighted by Crippen LogP contribution is -2.54. The number of fused-ring (bicyclic) bond motifs is 5. The van der Waals surface area contributed by atoms with E-state index < -0.39 is 6.04 Å². The van der Waals surface area contributed by atoms with Gasteiger partial charge in [0, 0.05) is 5.92 Å². The van der Waals surface area contributed by atoms with E-state index in [1.54, 1.807) is 6.92 Å². The number of rotatable bonds is 4. The van der Waals surface area contributed by atoms with Gasteiger partial charge in [0.15, 0.2) is 0 Å². The number of nitrogens with two attached hydrogens (primary N) is 1. The highest BCUT2D eigenvalue weighted by Crippen LogP contribution is 2.68. The molecule has 8 atom stereocenters. The number of carbonyl (C=O) groups is 2. The highest BCUT2D eigenvalue weighted by Gasteiger charge is 2.60. The monoisotopic (exact) mass is 415 g/mol. The summed E-state index contributed by atoms with van der Waals surface area (Å²) >= 11 is 0. The molecule has 0 aromatic heterocycles. The zero-order valence-corrected chi connectivity index (χ0v) is 19.6. The van der Waals surface area contributed by atoms with Gasteiger partial charge in [0.05, 0.1) is 0 Å². The van der Waals surface area contributed by atoms with Crippen LogP contribution in [0.3, 0.4) is 0 Å². The van der Waals surface area contributed by atoms with Gasteiger partial charge in [-0.25, -0.2) is 0 Å². The van der Waals surface area contributed by atoms with Crippen LogP contribution < -0.4 is 5.73 Å². The van der Waals surface area contributed by atoms with Crippen molar-refractivity contribution in [2.75, 3.05) is 0 Å². The van der Waals surface area contributed by atoms with E-state index in [-0.39, 0.29) is 23.4 Å². The molecule has 2 N–H and O–H groups in total. The molecule has 0 radical (unpaired) electrons. The summed E-state index contributed by atoms with van der Waals surface area (Å²) in [4.78, 5) is 24.6. The van der Waals surface area contributed by atoms with Crippen LogP contribution in [0.4, 0.5) is 0 Å². The molecule has 0 aromatic carbocycles. The third kappa shape index (κ3) is 3.38. The van der Waals surface area contributed by atoms with Gasteiger partial charge in [-0.05, 0) is 98.9 Å². The zero-order valence-electron chi connectivity index (χ0n) is 19.6. The molecule has 0 spiro atoms. The Hall–Kier alpha value is -1.16. The van der Waals surface area contributed by atoms with Crippen LogP contribution in [-0.2, 0) is 14.3 Å². The molecular weight excluding hydrogens is 374 g/mol. The molecule has 0 bridgehead atoms.